The van der Waals surface area contributed by atoms with Gasteiger partial charge in [-0.25, -0.2) is 4.79 Å². The fourth-order valence-electron chi connectivity index (χ4n) is 3.17. The summed E-state index contributed by atoms with van der Waals surface area (Å²) in [4.78, 5) is 51.2. The Morgan fingerprint density at radius 2 is 1.83 bits per heavy atom. The lowest BCUT2D eigenvalue weighted by atomic mass is 9.91. The largest absolute Gasteiger partial charge is 0.467 e. The summed E-state index contributed by atoms with van der Waals surface area (Å²) in [6.07, 6.45) is -3.12. The molecule has 4 heterocycles. The van der Waals surface area contributed by atoms with Gasteiger partial charge in [0.2, 0.25) is 0 Å². The Hall–Kier alpha value is -4.03. The van der Waals surface area contributed by atoms with Crippen LogP contribution in [-0.4, -0.2) is 27.5 Å². The van der Waals surface area contributed by atoms with Crippen molar-refractivity contribution in [3.63, 3.8) is 0 Å². The Balaban J connectivity index is 1.93. The van der Waals surface area contributed by atoms with Crippen molar-refractivity contribution in [2.24, 2.45) is 0 Å². The van der Waals surface area contributed by atoms with Crippen LogP contribution in [0.5, 0.6) is 0 Å². The number of carbonyl (C=O) groups is 2. The molecular weight excluding hydrogens is 413 g/mol. The molecule has 3 aromatic heterocycles. The Bertz CT molecular complexity index is 1240. The third-order valence-corrected chi connectivity index (χ3v) is 4.51. The SMILES string of the molecule is O=C(N[C@@]1(C(F)(F)F)C(=O)Nc2c1c(=O)[nH]c(=O)n2Cc1ccco1)c1ccco1. The highest BCUT2D eigenvalue weighted by Gasteiger charge is 2.68. The van der Waals surface area contributed by atoms with Crippen LogP contribution in [0.15, 0.2) is 55.2 Å². The number of fused-ring (bicyclic) bond motifs is 1. The second kappa shape index (κ2) is 6.50. The molecule has 0 saturated heterocycles. The molecule has 30 heavy (non-hydrogen) atoms. The minimum Gasteiger partial charge on any atom is -0.467 e. The average molecular weight is 424 g/mol. The van der Waals surface area contributed by atoms with Crippen LogP contribution >= 0.6 is 0 Å². The van der Waals surface area contributed by atoms with Gasteiger partial charge in [-0.1, -0.05) is 0 Å². The molecule has 0 radical (unpaired) electrons. The fourth-order valence-corrected chi connectivity index (χ4v) is 3.17. The molecule has 0 unspecified atom stereocenters. The highest BCUT2D eigenvalue weighted by atomic mass is 19.4. The van der Waals surface area contributed by atoms with E-state index in [0.717, 1.165) is 12.3 Å². The van der Waals surface area contributed by atoms with Gasteiger partial charge in [-0.15, -0.1) is 0 Å². The number of nitrogens with zero attached hydrogens (tertiary/aromatic N) is 1. The lowest BCUT2D eigenvalue weighted by Crippen LogP contribution is -2.62. The van der Waals surface area contributed by atoms with E-state index in [-0.39, 0.29) is 12.3 Å². The minimum atomic E-state index is -5.44. The number of H-pyrrole nitrogens is 1. The number of hydrogen-bond donors (Lipinski definition) is 3. The van der Waals surface area contributed by atoms with Gasteiger partial charge < -0.3 is 19.5 Å². The van der Waals surface area contributed by atoms with Gasteiger partial charge in [0.15, 0.2) is 5.76 Å². The molecule has 0 spiro atoms. The summed E-state index contributed by atoms with van der Waals surface area (Å²) in [5.74, 6) is -4.19. The first-order chi connectivity index (χ1) is 14.1. The smallest absolute Gasteiger partial charge is 0.425 e. The first-order valence-electron chi connectivity index (χ1n) is 8.29. The maximum absolute atomic E-state index is 14.2. The number of furan rings is 2. The van der Waals surface area contributed by atoms with Crippen molar-refractivity contribution in [1.82, 2.24) is 14.9 Å². The van der Waals surface area contributed by atoms with Crippen molar-refractivity contribution in [2.45, 2.75) is 18.3 Å². The second-order valence-corrected chi connectivity index (χ2v) is 6.28. The quantitative estimate of drug-likeness (QED) is 0.569. The van der Waals surface area contributed by atoms with Crippen molar-refractivity contribution >= 4 is 17.6 Å². The van der Waals surface area contributed by atoms with Gasteiger partial charge in [0.05, 0.1) is 19.1 Å². The van der Waals surface area contributed by atoms with E-state index in [1.807, 2.05) is 5.32 Å². The molecule has 3 N–H and O–H groups in total. The van der Waals surface area contributed by atoms with Gasteiger partial charge in [-0.2, -0.15) is 13.2 Å². The Morgan fingerprint density at radius 3 is 2.43 bits per heavy atom. The number of carbonyl (C=O) groups excluding carboxylic acids is 2. The summed E-state index contributed by atoms with van der Waals surface area (Å²) in [5, 5.41) is 3.46. The van der Waals surface area contributed by atoms with Crippen LogP contribution in [0.2, 0.25) is 0 Å². The number of nitrogens with one attached hydrogen (secondary N) is 3. The van der Waals surface area contributed by atoms with E-state index in [9.17, 15) is 32.3 Å². The molecular formula is C17H11F3N4O6. The molecule has 1 aliphatic rings. The zero-order valence-electron chi connectivity index (χ0n) is 14.7. The Kier molecular flexibility index (Phi) is 4.18. The number of anilines is 1. The maximum Gasteiger partial charge on any atom is 0.425 e. The zero-order chi connectivity index (χ0) is 21.7. The van der Waals surface area contributed by atoms with Crippen LogP contribution in [0.4, 0.5) is 19.0 Å². The third-order valence-electron chi connectivity index (χ3n) is 4.51. The van der Waals surface area contributed by atoms with Gasteiger partial charge >= 0.3 is 11.9 Å². The number of amides is 2. The third kappa shape index (κ3) is 2.74. The first-order valence-corrected chi connectivity index (χ1v) is 8.29. The molecule has 2 amide bonds. The van der Waals surface area contributed by atoms with E-state index in [1.54, 1.807) is 10.3 Å². The summed E-state index contributed by atoms with van der Waals surface area (Å²) in [7, 11) is 0. The van der Waals surface area contributed by atoms with E-state index >= 15 is 0 Å². The predicted octanol–water partition coefficient (Wildman–Crippen LogP) is 0.911. The monoisotopic (exact) mass is 424 g/mol. The van der Waals surface area contributed by atoms with Gasteiger partial charge in [0.25, 0.3) is 22.9 Å². The standard InChI is InChI=1S/C17H11F3N4O6/c18-17(19,20)16(23-12(25)9-4-2-6-30-9)10-11(21-14(16)27)24(15(28)22-13(10)26)7-8-3-1-5-29-8/h1-6H,7H2,(H,21,27)(H,23,25)(H,22,26,28)/t16-/m1/s1. The Morgan fingerprint density at radius 1 is 1.13 bits per heavy atom. The second-order valence-electron chi connectivity index (χ2n) is 6.28. The lowest BCUT2D eigenvalue weighted by molar-refractivity contribution is -0.196. The summed E-state index contributed by atoms with van der Waals surface area (Å²) in [5.41, 5.74) is -7.49. The van der Waals surface area contributed by atoms with Crippen LogP contribution in [0.3, 0.4) is 0 Å². The van der Waals surface area contributed by atoms with Crippen LogP contribution in [-0.2, 0) is 16.9 Å². The predicted molar refractivity (Wildman–Crippen MR) is 91.7 cm³/mol. The number of aromatic nitrogens is 2. The van der Waals surface area contributed by atoms with Crippen LogP contribution < -0.4 is 21.9 Å². The summed E-state index contributed by atoms with van der Waals surface area (Å²) < 4.78 is 53.0. The molecule has 0 bridgehead atoms. The van der Waals surface area contributed by atoms with Crippen LogP contribution in [0.25, 0.3) is 0 Å². The normalized spacial score (nSPS) is 18.2. The molecule has 3 aromatic rings. The van der Waals surface area contributed by atoms with E-state index in [4.69, 9.17) is 8.83 Å². The summed E-state index contributed by atoms with van der Waals surface area (Å²) in [6.45, 7) is -0.384. The molecule has 10 nitrogen and oxygen atoms in total. The van der Waals surface area contributed by atoms with E-state index in [0.29, 0.717) is 4.57 Å². The van der Waals surface area contributed by atoms with Gasteiger partial charge in [-0.05, 0) is 24.3 Å². The molecule has 0 aromatic carbocycles. The van der Waals surface area contributed by atoms with Gasteiger partial charge in [0.1, 0.15) is 17.1 Å². The molecule has 156 valence electrons. The highest BCUT2D eigenvalue weighted by Crippen LogP contribution is 2.45. The summed E-state index contributed by atoms with van der Waals surface area (Å²) in [6, 6.07) is 5.26. The Labute approximate surface area is 163 Å². The van der Waals surface area contributed by atoms with E-state index < -0.39 is 51.9 Å². The van der Waals surface area contributed by atoms with Crippen molar-refractivity contribution in [3.8, 4) is 0 Å². The van der Waals surface area contributed by atoms with E-state index in [2.05, 4.69) is 0 Å². The number of aromatic amines is 1. The van der Waals surface area contributed by atoms with E-state index in [1.165, 1.54) is 24.5 Å². The molecule has 0 aliphatic carbocycles. The van der Waals surface area contributed by atoms with Crippen molar-refractivity contribution in [1.29, 1.82) is 0 Å². The van der Waals surface area contributed by atoms with Gasteiger partial charge in [-0.3, -0.25) is 23.9 Å². The molecule has 13 heteroatoms. The summed E-state index contributed by atoms with van der Waals surface area (Å²) >= 11 is 0. The number of rotatable bonds is 4. The van der Waals surface area contributed by atoms with Gasteiger partial charge in [0, 0.05) is 0 Å². The minimum absolute atomic E-state index is 0.171. The number of hydrogen-bond acceptors (Lipinski definition) is 6. The van der Waals surface area contributed by atoms with Crippen molar-refractivity contribution < 1.29 is 31.6 Å². The number of alkyl halides is 3. The highest BCUT2D eigenvalue weighted by molar-refractivity contribution is 6.08. The molecule has 1 atom stereocenters. The average Bonchev–Trinajstić information content (AvgIpc) is 3.39. The van der Waals surface area contributed by atoms with Crippen LogP contribution in [0, 0.1) is 0 Å². The molecule has 1 aliphatic heterocycles. The molecule has 4 rings (SSSR count). The first kappa shape index (κ1) is 19.3. The maximum atomic E-state index is 14.2. The van der Waals surface area contributed by atoms with Crippen LogP contribution in [0.1, 0.15) is 21.9 Å². The number of halogens is 3. The zero-order valence-corrected chi connectivity index (χ0v) is 14.7. The molecule has 0 saturated carbocycles. The van der Waals surface area contributed by atoms with Crippen molar-refractivity contribution in [3.05, 3.63) is 74.7 Å². The lowest BCUT2D eigenvalue weighted by Gasteiger charge is -2.29. The van der Waals surface area contributed by atoms with Crippen molar-refractivity contribution in [2.75, 3.05) is 5.32 Å². The topological polar surface area (TPSA) is 139 Å². The molecule has 0 fully saturated rings. The fraction of sp³-hybridized carbons (Fsp3) is 0.176.